The standard InChI is InChI=1S/C19H25N3O.ClH/c1-23-19-7-3-2-6-18(19)15-22(14-17-8-10-21-12-17)13-16-5-4-9-20-11-16;/h2-7,9,11,17,21H,8,10,12-15H2,1H3;1H. The fourth-order valence-electron chi connectivity index (χ4n) is 3.24. The second-order valence-corrected chi connectivity index (χ2v) is 6.20. The number of hydrogen-bond donors (Lipinski definition) is 1. The second-order valence-electron chi connectivity index (χ2n) is 6.20. The van der Waals surface area contributed by atoms with Gasteiger partial charge >= 0.3 is 0 Å². The highest BCUT2D eigenvalue weighted by Crippen LogP contribution is 2.22. The molecular weight excluding hydrogens is 322 g/mol. The third kappa shape index (κ3) is 5.20. The molecule has 24 heavy (non-hydrogen) atoms. The third-order valence-electron chi connectivity index (χ3n) is 4.39. The predicted molar refractivity (Wildman–Crippen MR) is 99.6 cm³/mol. The van der Waals surface area contributed by atoms with Crippen LogP contribution in [0.1, 0.15) is 17.5 Å². The summed E-state index contributed by atoms with van der Waals surface area (Å²) in [5, 5.41) is 3.46. The van der Waals surface area contributed by atoms with Gasteiger partial charge in [0.2, 0.25) is 0 Å². The molecule has 0 saturated carbocycles. The van der Waals surface area contributed by atoms with E-state index in [4.69, 9.17) is 4.74 Å². The largest absolute Gasteiger partial charge is 0.496 e. The summed E-state index contributed by atoms with van der Waals surface area (Å²) in [6.07, 6.45) is 5.05. The molecule has 1 unspecified atom stereocenters. The number of benzene rings is 1. The molecule has 1 aliphatic heterocycles. The van der Waals surface area contributed by atoms with Gasteiger partial charge in [0.25, 0.3) is 0 Å². The molecule has 0 aliphatic carbocycles. The molecule has 1 fully saturated rings. The first kappa shape index (κ1) is 18.7. The molecule has 5 heteroatoms. The summed E-state index contributed by atoms with van der Waals surface area (Å²) in [6, 6.07) is 12.4. The van der Waals surface area contributed by atoms with Crippen molar-refractivity contribution in [1.29, 1.82) is 0 Å². The quantitative estimate of drug-likeness (QED) is 0.835. The maximum Gasteiger partial charge on any atom is 0.123 e. The minimum atomic E-state index is 0. The van der Waals surface area contributed by atoms with Crippen LogP contribution in [0.2, 0.25) is 0 Å². The van der Waals surface area contributed by atoms with E-state index in [0.29, 0.717) is 0 Å². The Morgan fingerprint density at radius 1 is 1.21 bits per heavy atom. The van der Waals surface area contributed by atoms with Crippen LogP contribution in [0.5, 0.6) is 5.75 Å². The molecule has 4 nitrogen and oxygen atoms in total. The van der Waals surface area contributed by atoms with Crippen molar-refractivity contribution in [3.63, 3.8) is 0 Å². The summed E-state index contributed by atoms with van der Waals surface area (Å²) in [5.41, 5.74) is 2.50. The molecule has 0 amide bonds. The van der Waals surface area contributed by atoms with Crippen LogP contribution in [0.15, 0.2) is 48.8 Å². The average Bonchev–Trinajstić information content (AvgIpc) is 3.09. The van der Waals surface area contributed by atoms with E-state index in [1.165, 1.54) is 17.5 Å². The van der Waals surface area contributed by atoms with Gasteiger partial charge in [0.05, 0.1) is 7.11 Å². The molecule has 2 heterocycles. The summed E-state index contributed by atoms with van der Waals surface area (Å²) in [5.74, 6) is 1.69. The molecule has 0 radical (unpaired) electrons. The van der Waals surface area contributed by atoms with Gasteiger partial charge in [-0.15, -0.1) is 12.4 Å². The lowest BCUT2D eigenvalue weighted by molar-refractivity contribution is 0.217. The number of pyridine rings is 1. The third-order valence-corrected chi connectivity index (χ3v) is 4.39. The van der Waals surface area contributed by atoms with E-state index >= 15 is 0 Å². The summed E-state index contributed by atoms with van der Waals surface area (Å²) >= 11 is 0. The van der Waals surface area contributed by atoms with E-state index in [0.717, 1.165) is 44.4 Å². The van der Waals surface area contributed by atoms with Gasteiger partial charge in [0.15, 0.2) is 0 Å². The van der Waals surface area contributed by atoms with Gasteiger partial charge in [-0.1, -0.05) is 24.3 Å². The monoisotopic (exact) mass is 347 g/mol. The zero-order valence-corrected chi connectivity index (χ0v) is 15.0. The Balaban J connectivity index is 0.00000208. The number of rotatable bonds is 7. The van der Waals surface area contributed by atoms with Crippen molar-refractivity contribution in [3.05, 3.63) is 59.9 Å². The van der Waals surface area contributed by atoms with Gasteiger partial charge in [-0.25, -0.2) is 0 Å². The summed E-state index contributed by atoms with van der Waals surface area (Å²) in [6.45, 7) is 5.17. The lowest BCUT2D eigenvalue weighted by atomic mass is 10.1. The Morgan fingerprint density at radius 3 is 2.79 bits per heavy atom. The highest BCUT2D eigenvalue weighted by atomic mass is 35.5. The normalized spacial score (nSPS) is 16.8. The highest BCUT2D eigenvalue weighted by molar-refractivity contribution is 5.85. The number of methoxy groups -OCH3 is 1. The lowest BCUT2D eigenvalue weighted by Gasteiger charge is -2.26. The zero-order chi connectivity index (χ0) is 15.9. The highest BCUT2D eigenvalue weighted by Gasteiger charge is 2.19. The van der Waals surface area contributed by atoms with Crippen molar-refractivity contribution in [2.24, 2.45) is 5.92 Å². The molecule has 1 aromatic carbocycles. The predicted octanol–water partition coefficient (Wildman–Crippen LogP) is 3.12. The topological polar surface area (TPSA) is 37.4 Å². The minimum Gasteiger partial charge on any atom is -0.496 e. The average molecular weight is 348 g/mol. The second kappa shape index (κ2) is 9.62. The Hall–Kier alpha value is -1.62. The van der Waals surface area contributed by atoms with Gasteiger partial charge < -0.3 is 10.1 Å². The maximum absolute atomic E-state index is 5.52. The summed E-state index contributed by atoms with van der Waals surface area (Å²) < 4.78 is 5.52. The van der Waals surface area contributed by atoms with E-state index in [9.17, 15) is 0 Å². The SMILES string of the molecule is COc1ccccc1CN(Cc1cccnc1)CC1CCNC1.Cl. The number of ether oxygens (including phenoxy) is 1. The molecule has 130 valence electrons. The molecule has 0 bridgehead atoms. The molecule has 3 rings (SSSR count). The number of para-hydroxylation sites is 1. The maximum atomic E-state index is 5.52. The fraction of sp³-hybridized carbons (Fsp3) is 0.421. The van der Waals surface area contributed by atoms with Gasteiger partial charge in [-0.2, -0.15) is 0 Å². The number of nitrogens with zero attached hydrogens (tertiary/aromatic N) is 2. The first-order valence-electron chi connectivity index (χ1n) is 8.29. The van der Waals surface area contributed by atoms with Crippen LogP contribution in [-0.4, -0.2) is 36.6 Å². The van der Waals surface area contributed by atoms with E-state index in [-0.39, 0.29) is 12.4 Å². The molecule has 0 spiro atoms. The van der Waals surface area contributed by atoms with E-state index in [1.54, 1.807) is 7.11 Å². The van der Waals surface area contributed by atoms with Crippen molar-refractivity contribution in [2.45, 2.75) is 19.5 Å². The molecular formula is C19H26ClN3O. The van der Waals surface area contributed by atoms with Crippen LogP contribution in [0.4, 0.5) is 0 Å². The van der Waals surface area contributed by atoms with E-state index in [2.05, 4.69) is 33.4 Å². The van der Waals surface area contributed by atoms with Crippen molar-refractivity contribution < 1.29 is 4.74 Å². The van der Waals surface area contributed by atoms with Crippen LogP contribution < -0.4 is 10.1 Å². The number of nitrogens with one attached hydrogen (secondary N) is 1. The van der Waals surface area contributed by atoms with Gasteiger partial charge in [0, 0.05) is 37.6 Å². The van der Waals surface area contributed by atoms with Gasteiger partial charge in [-0.05, 0) is 43.1 Å². The molecule has 2 aromatic rings. The molecule has 1 aliphatic rings. The number of hydrogen-bond acceptors (Lipinski definition) is 4. The Kier molecular flexibility index (Phi) is 7.50. The van der Waals surface area contributed by atoms with Crippen LogP contribution in [-0.2, 0) is 13.1 Å². The van der Waals surface area contributed by atoms with Crippen molar-refractivity contribution in [1.82, 2.24) is 15.2 Å². The number of halogens is 1. The molecule has 1 aromatic heterocycles. The fourth-order valence-corrected chi connectivity index (χ4v) is 3.24. The molecule has 1 saturated heterocycles. The van der Waals surface area contributed by atoms with Gasteiger partial charge in [-0.3, -0.25) is 9.88 Å². The Morgan fingerprint density at radius 2 is 2.08 bits per heavy atom. The zero-order valence-electron chi connectivity index (χ0n) is 14.1. The first-order valence-corrected chi connectivity index (χ1v) is 8.29. The van der Waals surface area contributed by atoms with E-state index in [1.807, 2.05) is 30.6 Å². The summed E-state index contributed by atoms with van der Waals surface area (Å²) in [7, 11) is 1.74. The minimum absolute atomic E-state index is 0. The summed E-state index contributed by atoms with van der Waals surface area (Å²) in [4.78, 5) is 6.75. The van der Waals surface area contributed by atoms with Crippen LogP contribution in [0.3, 0.4) is 0 Å². The van der Waals surface area contributed by atoms with Crippen LogP contribution >= 0.6 is 12.4 Å². The van der Waals surface area contributed by atoms with E-state index < -0.39 is 0 Å². The van der Waals surface area contributed by atoms with Crippen molar-refractivity contribution in [2.75, 3.05) is 26.7 Å². The Bertz CT molecular complexity index is 603. The van der Waals surface area contributed by atoms with Crippen LogP contribution in [0.25, 0.3) is 0 Å². The first-order chi connectivity index (χ1) is 11.3. The van der Waals surface area contributed by atoms with Gasteiger partial charge in [0.1, 0.15) is 5.75 Å². The number of aromatic nitrogens is 1. The smallest absolute Gasteiger partial charge is 0.123 e. The molecule has 1 N–H and O–H groups in total. The van der Waals surface area contributed by atoms with Crippen molar-refractivity contribution in [3.8, 4) is 5.75 Å². The lowest BCUT2D eigenvalue weighted by Crippen LogP contribution is -2.30. The van der Waals surface area contributed by atoms with Crippen molar-refractivity contribution >= 4 is 12.4 Å². The van der Waals surface area contributed by atoms with Crippen LogP contribution in [0, 0.1) is 5.92 Å². The molecule has 1 atom stereocenters. The Labute approximate surface area is 150 Å².